The Bertz CT molecular complexity index is 1390. The normalized spacial score (nSPS) is 14.8. The van der Waals surface area contributed by atoms with E-state index in [0.29, 0.717) is 40.0 Å². The molecule has 11 heteroatoms. The molecule has 4 aromatic rings. The van der Waals surface area contributed by atoms with Gasteiger partial charge in [-0.1, -0.05) is 35.5 Å². The van der Waals surface area contributed by atoms with E-state index in [-0.39, 0.29) is 12.6 Å². The van der Waals surface area contributed by atoms with Crippen molar-refractivity contribution in [3.8, 4) is 11.5 Å². The number of aryl methyl sites for hydroxylation is 1. The number of hydrogen-bond acceptors (Lipinski definition) is 11. The van der Waals surface area contributed by atoms with Gasteiger partial charge < -0.3 is 25.0 Å². The molecule has 3 N–H and O–H groups in total. The van der Waals surface area contributed by atoms with Gasteiger partial charge in [0.25, 0.3) is 5.89 Å². The van der Waals surface area contributed by atoms with Gasteiger partial charge in [0.05, 0.1) is 23.9 Å². The van der Waals surface area contributed by atoms with Crippen LogP contribution in [-0.4, -0.2) is 42.8 Å². The van der Waals surface area contributed by atoms with E-state index in [0.717, 1.165) is 5.56 Å². The molecule has 0 amide bonds. The topological polar surface area (TPSA) is 148 Å². The fourth-order valence-corrected chi connectivity index (χ4v) is 3.83. The molecule has 4 heterocycles. The Kier molecular flexibility index (Phi) is 5.61. The van der Waals surface area contributed by atoms with E-state index in [2.05, 4.69) is 35.7 Å². The summed E-state index contributed by atoms with van der Waals surface area (Å²) in [5, 5.41) is 20.4. The molecule has 178 valence electrons. The van der Waals surface area contributed by atoms with Crippen LogP contribution in [0.4, 0.5) is 17.5 Å². The Hall–Kier alpha value is -4.38. The Morgan fingerprint density at radius 1 is 1.09 bits per heavy atom. The lowest BCUT2D eigenvalue weighted by Crippen LogP contribution is -2.18. The predicted molar refractivity (Wildman–Crippen MR) is 126 cm³/mol. The number of rotatable bonds is 7. The highest BCUT2D eigenvalue weighted by atomic mass is 16.6. The maximum absolute atomic E-state index is 12.0. The molecule has 0 radical (unpaired) electrons. The minimum absolute atomic E-state index is 0.144. The first-order valence-corrected chi connectivity index (χ1v) is 10.9. The second-order valence-electron chi connectivity index (χ2n) is 8.53. The third kappa shape index (κ3) is 4.41. The van der Waals surface area contributed by atoms with Gasteiger partial charge in [-0.15, -0.1) is 0 Å². The van der Waals surface area contributed by atoms with Crippen molar-refractivity contribution in [2.75, 3.05) is 17.2 Å². The van der Waals surface area contributed by atoms with Gasteiger partial charge in [0, 0.05) is 18.5 Å². The van der Waals surface area contributed by atoms with E-state index in [1.165, 1.54) is 6.20 Å². The van der Waals surface area contributed by atoms with E-state index < -0.39 is 17.6 Å². The molecule has 0 unspecified atom stereocenters. The number of fused-ring (bicyclic) bond motifs is 1. The van der Waals surface area contributed by atoms with Crippen LogP contribution in [0.1, 0.15) is 47.3 Å². The summed E-state index contributed by atoms with van der Waals surface area (Å²) in [6.45, 7) is 5.13. The van der Waals surface area contributed by atoms with Crippen LogP contribution in [0.3, 0.4) is 0 Å². The lowest BCUT2D eigenvalue weighted by Gasteiger charge is -2.20. The highest BCUT2D eigenvalue weighted by Crippen LogP contribution is 2.35. The van der Waals surface area contributed by atoms with E-state index in [4.69, 9.17) is 9.26 Å². The molecular weight excluding hydrogens is 450 g/mol. The quantitative estimate of drug-likeness (QED) is 0.338. The van der Waals surface area contributed by atoms with Crippen LogP contribution in [0.15, 0.2) is 53.3 Å². The van der Waals surface area contributed by atoms with Gasteiger partial charge in [0.1, 0.15) is 22.7 Å². The Morgan fingerprint density at radius 3 is 2.57 bits per heavy atom. The zero-order valence-electron chi connectivity index (χ0n) is 19.3. The van der Waals surface area contributed by atoms with Gasteiger partial charge >= 0.3 is 5.97 Å². The van der Waals surface area contributed by atoms with E-state index in [1.54, 1.807) is 33.0 Å². The molecule has 5 rings (SSSR count). The zero-order chi connectivity index (χ0) is 24.6. The Balaban J connectivity index is 1.50. The van der Waals surface area contributed by atoms with Gasteiger partial charge in [-0.25, -0.2) is 19.7 Å². The summed E-state index contributed by atoms with van der Waals surface area (Å²) in [7, 11) is 0. The summed E-state index contributed by atoms with van der Waals surface area (Å²) >= 11 is 0. The summed E-state index contributed by atoms with van der Waals surface area (Å²) < 4.78 is 10.7. The summed E-state index contributed by atoms with van der Waals surface area (Å²) in [5.74, 6) is 1.02. The summed E-state index contributed by atoms with van der Waals surface area (Å²) in [5.41, 5.74) is 2.07. The first kappa shape index (κ1) is 22.4. The number of aliphatic hydroxyl groups excluding tert-OH is 1. The second kappa shape index (κ2) is 8.76. The molecule has 1 aliphatic rings. The Labute approximate surface area is 200 Å². The van der Waals surface area contributed by atoms with Crippen LogP contribution in [0.25, 0.3) is 11.5 Å². The largest absolute Gasteiger partial charge is 0.449 e. The number of esters is 1. The maximum Gasteiger partial charge on any atom is 0.342 e. The Morgan fingerprint density at radius 2 is 1.86 bits per heavy atom. The smallest absolute Gasteiger partial charge is 0.342 e. The lowest BCUT2D eigenvalue weighted by atomic mass is 10.0. The summed E-state index contributed by atoms with van der Waals surface area (Å²) in [6, 6.07) is 10.9. The zero-order valence-corrected chi connectivity index (χ0v) is 19.3. The van der Waals surface area contributed by atoms with Crippen LogP contribution in [0.2, 0.25) is 0 Å². The average Bonchev–Trinajstić information content (AvgIpc) is 3.37. The number of carbonyl (C=O) groups excluding carboxylic acids is 1. The van der Waals surface area contributed by atoms with Crippen LogP contribution in [0, 0.1) is 6.92 Å². The molecule has 1 atom stereocenters. The fraction of sp³-hybridized carbons (Fsp3) is 0.250. The number of ether oxygens (including phenoxy) is 1. The van der Waals surface area contributed by atoms with Gasteiger partial charge in [-0.3, -0.25) is 0 Å². The molecule has 3 aromatic heterocycles. The monoisotopic (exact) mass is 473 g/mol. The molecule has 1 aromatic carbocycles. The number of nitrogens with one attached hydrogen (secondary N) is 2. The van der Waals surface area contributed by atoms with Crippen LogP contribution in [0.5, 0.6) is 0 Å². The predicted octanol–water partition coefficient (Wildman–Crippen LogP) is 3.52. The summed E-state index contributed by atoms with van der Waals surface area (Å²) in [6.07, 6.45) is 3.02. The highest BCUT2D eigenvalue weighted by molar-refractivity contribution is 5.93. The first-order chi connectivity index (χ1) is 16.8. The standard InChI is InChI=1S/C24H23N7O4/c1-13-27-21(35-31-13)15-10-25-19(9-17(15)28-18(12-32)14-7-5-4-6-8-14)29-23-26-11-16-20(30-23)24(2,3)34-22(16)33/h4-11,18,32H,12H2,1-3H3,(H2,25,26,28,29,30)/t18-/m1/s1. The number of cyclic esters (lactones) is 1. The lowest BCUT2D eigenvalue weighted by molar-refractivity contribution is 0.00834. The van der Waals surface area contributed by atoms with Crippen molar-refractivity contribution in [1.29, 1.82) is 0 Å². The molecule has 0 saturated heterocycles. The van der Waals surface area contributed by atoms with Crippen LogP contribution < -0.4 is 10.6 Å². The second-order valence-corrected chi connectivity index (χ2v) is 8.53. The van der Waals surface area contributed by atoms with E-state index in [9.17, 15) is 9.90 Å². The van der Waals surface area contributed by atoms with Crippen molar-refractivity contribution in [3.05, 3.63) is 71.4 Å². The number of carbonyl (C=O) groups is 1. The van der Waals surface area contributed by atoms with Gasteiger partial charge in [0.2, 0.25) is 5.95 Å². The SMILES string of the molecule is Cc1noc(-c2cnc(Nc3ncc4c(n3)C(C)(C)OC4=O)cc2N[C@H](CO)c2ccccc2)n1. The van der Waals surface area contributed by atoms with E-state index >= 15 is 0 Å². The maximum atomic E-state index is 12.0. The van der Waals surface area contributed by atoms with Gasteiger partial charge in [-0.2, -0.15) is 4.98 Å². The fourth-order valence-electron chi connectivity index (χ4n) is 3.83. The molecule has 0 bridgehead atoms. The van der Waals surface area contributed by atoms with Crippen molar-refractivity contribution in [3.63, 3.8) is 0 Å². The minimum atomic E-state index is -0.852. The van der Waals surface area contributed by atoms with Crippen molar-refractivity contribution < 1.29 is 19.2 Å². The third-order valence-electron chi connectivity index (χ3n) is 5.54. The summed E-state index contributed by atoms with van der Waals surface area (Å²) in [4.78, 5) is 29.5. The number of nitrogens with zero attached hydrogens (tertiary/aromatic N) is 5. The molecule has 0 saturated carbocycles. The number of hydrogen-bond donors (Lipinski definition) is 3. The molecule has 0 aliphatic carbocycles. The van der Waals surface area contributed by atoms with Gasteiger partial charge in [0.15, 0.2) is 5.82 Å². The molecule has 11 nitrogen and oxygen atoms in total. The number of aliphatic hydroxyl groups is 1. The van der Waals surface area contributed by atoms with Crippen molar-refractivity contribution in [2.24, 2.45) is 0 Å². The number of pyridine rings is 1. The van der Waals surface area contributed by atoms with Crippen molar-refractivity contribution in [1.82, 2.24) is 25.1 Å². The van der Waals surface area contributed by atoms with Crippen molar-refractivity contribution >= 4 is 23.4 Å². The third-order valence-corrected chi connectivity index (χ3v) is 5.54. The number of anilines is 3. The van der Waals surface area contributed by atoms with Crippen LogP contribution >= 0.6 is 0 Å². The minimum Gasteiger partial charge on any atom is -0.449 e. The van der Waals surface area contributed by atoms with Crippen LogP contribution in [-0.2, 0) is 10.3 Å². The molecule has 1 aliphatic heterocycles. The highest BCUT2D eigenvalue weighted by Gasteiger charge is 2.40. The molecule has 0 fully saturated rings. The number of benzene rings is 1. The van der Waals surface area contributed by atoms with Gasteiger partial charge in [-0.05, 0) is 26.3 Å². The van der Waals surface area contributed by atoms with E-state index in [1.807, 2.05) is 30.3 Å². The number of aromatic nitrogens is 5. The average molecular weight is 473 g/mol. The van der Waals surface area contributed by atoms with Crippen molar-refractivity contribution in [2.45, 2.75) is 32.4 Å². The molecule has 35 heavy (non-hydrogen) atoms. The molecule has 0 spiro atoms. The first-order valence-electron chi connectivity index (χ1n) is 10.9. The molecular formula is C24H23N7O4.